The summed E-state index contributed by atoms with van der Waals surface area (Å²) in [4.78, 5) is 38.1. The van der Waals surface area contributed by atoms with Crippen molar-refractivity contribution >= 4 is 40.6 Å². The highest BCUT2D eigenvalue weighted by molar-refractivity contribution is 6.34. The Morgan fingerprint density at radius 3 is 2.41 bits per heavy atom. The molecule has 2 rings (SSSR count). The van der Waals surface area contributed by atoms with Gasteiger partial charge in [0, 0.05) is 12.2 Å². The third-order valence-electron chi connectivity index (χ3n) is 3.91. The van der Waals surface area contributed by atoms with Crippen LogP contribution in [0.1, 0.15) is 23.7 Å². The molecule has 2 aromatic carbocycles. The summed E-state index contributed by atoms with van der Waals surface area (Å²) >= 11 is 6.04. The van der Waals surface area contributed by atoms with Crippen molar-refractivity contribution in [2.45, 2.75) is 13.3 Å². The molecule has 0 aliphatic heterocycles. The van der Waals surface area contributed by atoms with Crippen LogP contribution in [0.25, 0.3) is 0 Å². The van der Waals surface area contributed by atoms with Crippen LogP contribution in [0.4, 0.5) is 11.4 Å². The van der Waals surface area contributed by atoms with Crippen LogP contribution >= 0.6 is 11.6 Å². The number of esters is 1. The second-order valence-corrected chi connectivity index (χ2v) is 6.10. The number of nitrogens with zero attached hydrogens (tertiary/aromatic N) is 1. The Bertz CT molecular complexity index is 824. The number of ether oxygens (including phenoxy) is 1. The minimum absolute atomic E-state index is 0.109. The molecular formula is C20H21ClN2O4. The average Bonchev–Trinajstić information content (AvgIpc) is 2.67. The van der Waals surface area contributed by atoms with E-state index in [2.05, 4.69) is 5.32 Å². The van der Waals surface area contributed by atoms with Crippen LogP contribution in [0.5, 0.6) is 0 Å². The lowest BCUT2D eigenvalue weighted by Gasteiger charge is -2.20. The Morgan fingerprint density at radius 1 is 1.07 bits per heavy atom. The van der Waals surface area contributed by atoms with Crippen LogP contribution in [0, 0.1) is 0 Å². The van der Waals surface area contributed by atoms with Gasteiger partial charge in [0.25, 0.3) is 0 Å². The van der Waals surface area contributed by atoms with Gasteiger partial charge in [0.05, 0.1) is 30.8 Å². The molecule has 142 valence electrons. The second kappa shape index (κ2) is 9.73. The van der Waals surface area contributed by atoms with E-state index in [9.17, 15) is 14.4 Å². The first-order valence-electron chi connectivity index (χ1n) is 8.45. The molecule has 0 aliphatic rings. The summed E-state index contributed by atoms with van der Waals surface area (Å²) in [6, 6.07) is 14.0. The number of amides is 1. The van der Waals surface area contributed by atoms with E-state index in [-0.39, 0.29) is 35.2 Å². The number of para-hydroxylation sites is 1. The van der Waals surface area contributed by atoms with E-state index in [0.29, 0.717) is 12.2 Å². The number of rotatable bonds is 8. The zero-order chi connectivity index (χ0) is 19.8. The monoisotopic (exact) mass is 388 g/mol. The molecule has 0 radical (unpaired) electrons. The molecule has 27 heavy (non-hydrogen) atoms. The van der Waals surface area contributed by atoms with E-state index in [4.69, 9.17) is 16.3 Å². The molecule has 0 bridgehead atoms. The summed E-state index contributed by atoms with van der Waals surface area (Å²) in [5, 5.41) is 3.08. The summed E-state index contributed by atoms with van der Waals surface area (Å²) < 4.78 is 4.72. The summed E-state index contributed by atoms with van der Waals surface area (Å²) in [7, 11) is 1.25. The Labute approximate surface area is 163 Å². The van der Waals surface area contributed by atoms with Gasteiger partial charge in [-0.2, -0.15) is 0 Å². The van der Waals surface area contributed by atoms with Crippen molar-refractivity contribution in [1.29, 1.82) is 0 Å². The zero-order valence-corrected chi connectivity index (χ0v) is 16.0. The van der Waals surface area contributed by atoms with Crippen molar-refractivity contribution in [3.63, 3.8) is 0 Å². The fourth-order valence-corrected chi connectivity index (χ4v) is 2.86. The van der Waals surface area contributed by atoms with Crippen LogP contribution in [0.2, 0.25) is 5.02 Å². The number of hydrogen-bond donors (Lipinski definition) is 1. The number of ketones is 1. The Kier molecular flexibility index (Phi) is 7.37. The number of anilines is 2. The topological polar surface area (TPSA) is 75.7 Å². The number of halogens is 1. The molecular weight excluding hydrogens is 368 g/mol. The summed E-state index contributed by atoms with van der Waals surface area (Å²) in [6.45, 7) is 2.20. The normalized spacial score (nSPS) is 10.2. The summed E-state index contributed by atoms with van der Waals surface area (Å²) in [5.41, 5.74) is 1.28. The summed E-state index contributed by atoms with van der Waals surface area (Å²) in [5.74, 6) is -1.19. The predicted molar refractivity (Wildman–Crippen MR) is 105 cm³/mol. The van der Waals surface area contributed by atoms with Crippen molar-refractivity contribution in [3.8, 4) is 0 Å². The molecule has 0 aromatic heterocycles. The van der Waals surface area contributed by atoms with Gasteiger partial charge in [-0.15, -0.1) is 0 Å². The van der Waals surface area contributed by atoms with Crippen LogP contribution in [0.15, 0.2) is 48.5 Å². The number of hydrogen-bond acceptors (Lipinski definition) is 5. The van der Waals surface area contributed by atoms with Crippen molar-refractivity contribution in [2.75, 3.05) is 30.4 Å². The first-order valence-corrected chi connectivity index (χ1v) is 8.83. The maximum atomic E-state index is 12.5. The average molecular weight is 389 g/mol. The third-order valence-corrected chi connectivity index (χ3v) is 4.23. The van der Waals surface area contributed by atoms with E-state index in [1.54, 1.807) is 23.1 Å². The zero-order valence-electron chi connectivity index (χ0n) is 15.2. The fourth-order valence-electron chi connectivity index (χ4n) is 2.61. The maximum Gasteiger partial charge on any atom is 0.341 e. The number of methoxy groups -OCH3 is 1. The van der Waals surface area contributed by atoms with Crippen LogP contribution in [0.3, 0.4) is 0 Å². The van der Waals surface area contributed by atoms with Crippen molar-refractivity contribution < 1.29 is 19.1 Å². The SMILES string of the molecule is CCN(C(=O)CC(=O)CNc1cccc(Cl)c1C(=O)OC)c1ccccc1. The van der Waals surface area contributed by atoms with E-state index in [1.165, 1.54) is 7.11 Å². The summed E-state index contributed by atoms with van der Waals surface area (Å²) in [6.07, 6.45) is -0.246. The highest BCUT2D eigenvalue weighted by Crippen LogP contribution is 2.25. The van der Waals surface area contributed by atoms with Gasteiger partial charge in [-0.25, -0.2) is 4.79 Å². The quantitative estimate of drug-likeness (QED) is 0.552. The van der Waals surface area contributed by atoms with Crippen LogP contribution in [-0.2, 0) is 14.3 Å². The Morgan fingerprint density at radius 2 is 1.78 bits per heavy atom. The van der Waals surface area contributed by atoms with Gasteiger partial charge in [-0.3, -0.25) is 9.59 Å². The molecule has 2 aromatic rings. The molecule has 0 saturated heterocycles. The number of nitrogens with one attached hydrogen (secondary N) is 1. The van der Waals surface area contributed by atoms with Gasteiger partial charge < -0.3 is 15.0 Å². The molecule has 0 aliphatic carbocycles. The number of Topliss-reactive ketones (excluding diaryl/α,β-unsaturated/α-hetero) is 1. The third kappa shape index (κ3) is 5.31. The van der Waals surface area contributed by atoms with E-state index in [0.717, 1.165) is 5.69 Å². The Balaban J connectivity index is 2.01. The fraction of sp³-hybridized carbons (Fsp3) is 0.250. The van der Waals surface area contributed by atoms with Gasteiger partial charge in [0.1, 0.15) is 5.56 Å². The first-order chi connectivity index (χ1) is 13.0. The lowest BCUT2D eigenvalue weighted by Crippen LogP contribution is -2.33. The van der Waals surface area contributed by atoms with Crippen LogP contribution in [-0.4, -0.2) is 37.9 Å². The van der Waals surface area contributed by atoms with E-state index >= 15 is 0 Å². The van der Waals surface area contributed by atoms with Gasteiger partial charge in [0.15, 0.2) is 5.78 Å². The largest absolute Gasteiger partial charge is 0.465 e. The predicted octanol–water partition coefficient (Wildman–Crippen LogP) is 3.55. The molecule has 0 unspecified atom stereocenters. The molecule has 0 atom stereocenters. The highest BCUT2D eigenvalue weighted by Gasteiger charge is 2.19. The van der Waals surface area contributed by atoms with Crippen molar-refractivity contribution in [1.82, 2.24) is 0 Å². The number of carbonyl (C=O) groups is 3. The molecule has 6 nitrogen and oxygen atoms in total. The van der Waals surface area contributed by atoms with Gasteiger partial charge in [-0.1, -0.05) is 35.9 Å². The lowest BCUT2D eigenvalue weighted by atomic mass is 10.1. The van der Waals surface area contributed by atoms with Crippen molar-refractivity contribution in [2.24, 2.45) is 0 Å². The second-order valence-electron chi connectivity index (χ2n) is 5.70. The standard InChI is InChI=1S/C20H21ClN2O4/c1-3-23(14-8-5-4-6-9-14)18(25)12-15(24)13-22-17-11-7-10-16(21)19(17)20(26)27-2/h4-11,22H,3,12-13H2,1-2H3. The number of benzene rings is 2. The molecule has 7 heteroatoms. The molecule has 0 heterocycles. The van der Waals surface area contributed by atoms with E-state index < -0.39 is 5.97 Å². The minimum Gasteiger partial charge on any atom is -0.465 e. The van der Waals surface area contributed by atoms with Gasteiger partial charge in [-0.05, 0) is 31.2 Å². The van der Waals surface area contributed by atoms with E-state index in [1.807, 2.05) is 37.3 Å². The minimum atomic E-state index is -0.604. The highest BCUT2D eigenvalue weighted by atomic mass is 35.5. The smallest absolute Gasteiger partial charge is 0.341 e. The first kappa shape index (κ1) is 20.5. The van der Waals surface area contributed by atoms with Gasteiger partial charge >= 0.3 is 5.97 Å². The number of carbonyl (C=O) groups excluding carboxylic acids is 3. The van der Waals surface area contributed by atoms with Crippen molar-refractivity contribution in [3.05, 3.63) is 59.1 Å². The molecule has 0 spiro atoms. The molecule has 1 amide bonds. The van der Waals surface area contributed by atoms with Gasteiger partial charge in [0.2, 0.25) is 5.91 Å². The molecule has 0 fully saturated rings. The maximum absolute atomic E-state index is 12.5. The molecule has 0 saturated carbocycles. The molecule has 1 N–H and O–H groups in total. The Hall–Kier alpha value is -2.86. The lowest BCUT2D eigenvalue weighted by molar-refractivity contribution is -0.125. The van der Waals surface area contributed by atoms with Crippen LogP contribution < -0.4 is 10.2 Å².